The molecule has 0 aliphatic carbocycles. The second-order valence-corrected chi connectivity index (χ2v) is 13.3. The predicted molar refractivity (Wildman–Crippen MR) is 168 cm³/mol. The lowest BCUT2D eigenvalue weighted by molar-refractivity contribution is -0.137. The van der Waals surface area contributed by atoms with Crippen LogP contribution in [0.1, 0.15) is 11.1 Å². The summed E-state index contributed by atoms with van der Waals surface area (Å²) in [5.41, 5.74) is 4.63. The van der Waals surface area contributed by atoms with Crippen LogP contribution in [-0.2, 0) is 22.7 Å². The first-order valence-electron chi connectivity index (χ1n) is 13.6. The normalized spacial score (nSPS) is 12.3. The molecule has 0 spiro atoms. The number of anilines is 1. The number of sulfonamides is 1. The number of aromatic nitrogens is 2. The van der Waals surface area contributed by atoms with E-state index in [0.717, 1.165) is 34.6 Å². The van der Waals surface area contributed by atoms with Gasteiger partial charge in [0.25, 0.3) is 10.0 Å². The van der Waals surface area contributed by atoms with Crippen molar-refractivity contribution in [2.45, 2.75) is 16.9 Å². The highest BCUT2D eigenvalue weighted by atomic mass is 32.2. The molecule has 0 radical (unpaired) electrons. The lowest BCUT2D eigenvalue weighted by atomic mass is 9.92. The van der Waals surface area contributed by atoms with Gasteiger partial charge in [-0.3, -0.25) is 4.31 Å². The van der Waals surface area contributed by atoms with Gasteiger partial charge in [-0.2, -0.15) is 13.2 Å². The molecular weight excluding hydrogens is 610 g/mol. The Hall–Kier alpha value is -4.23. The lowest BCUT2D eigenvalue weighted by Gasteiger charge is -2.19. The molecule has 0 amide bonds. The molecule has 0 aliphatic heterocycles. The van der Waals surface area contributed by atoms with Crippen molar-refractivity contribution >= 4 is 49.0 Å². The summed E-state index contributed by atoms with van der Waals surface area (Å²) in [6, 6.07) is 21.2. The van der Waals surface area contributed by atoms with Crippen molar-refractivity contribution < 1.29 is 26.7 Å². The summed E-state index contributed by atoms with van der Waals surface area (Å²) in [6.45, 7) is 1.06. The van der Waals surface area contributed by atoms with E-state index in [1.807, 2.05) is 24.3 Å². The Morgan fingerprint density at radius 2 is 1.73 bits per heavy atom. The Morgan fingerprint density at radius 3 is 2.39 bits per heavy atom. The van der Waals surface area contributed by atoms with E-state index in [-0.39, 0.29) is 10.8 Å². The van der Waals surface area contributed by atoms with Gasteiger partial charge in [0.2, 0.25) is 0 Å². The van der Waals surface area contributed by atoms with Crippen molar-refractivity contribution in [1.82, 2.24) is 15.3 Å². The van der Waals surface area contributed by atoms with E-state index >= 15 is 0 Å². The van der Waals surface area contributed by atoms with Gasteiger partial charge in [-0.25, -0.2) is 13.4 Å². The molecule has 0 bridgehead atoms. The molecule has 226 valence electrons. The van der Waals surface area contributed by atoms with E-state index in [4.69, 9.17) is 5.11 Å². The Bertz CT molecular complexity index is 2040. The number of nitrogens with zero attached hydrogens (tertiary/aromatic N) is 2. The maximum absolute atomic E-state index is 13.5. The van der Waals surface area contributed by atoms with Crippen LogP contribution in [0.2, 0.25) is 0 Å². The number of aromatic amines is 1. The average Bonchev–Trinajstić information content (AvgIpc) is 3.69. The van der Waals surface area contributed by atoms with Crippen LogP contribution in [0.5, 0.6) is 0 Å². The van der Waals surface area contributed by atoms with Crippen LogP contribution in [0.3, 0.4) is 0 Å². The molecule has 0 aliphatic rings. The van der Waals surface area contributed by atoms with Gasteiger partial charge < -0.3 is 15.4 Å². The number of thiophene rings is 1. The van der Waals surface area contributed by atoms with Gasteiger partial charge in [-0.05, 0) is 58.5 Å². The molecule has 0 atom stereocenters. The van der Waals surface area contributed by atoms with Crippen LogP contribution in [0.25, 0.3) is 44.2 Å². The third-order valence-corrected chi connectivity index (χ3v) is 10.6. The highest BCUT2D eigenvalue weighted by Gasteiger charge is 2.30. The minimum Gasteiger partial charge on any atom is -0.395 e. The number of halogens is 3. The molecule has 3 N–H and O–H groups in total. The summed E-state index contributed by atoms with van der Waals surface area (Å²) in [4.78, 5) is 7.97. The predicted octanol–water partition coefficient (Wildman–Crippen LogP) is 7.04. The Morgan fingerprint density at radius 1 is 1.00 bits per heavy atom. The van der Waals surface area contributed by atoms with E-state index in [0.29, 0.717) is 57.4 Å². The molecule has 0 unspecified atom stereocenters. The molecule has 3 aromatic heterocycles. The van der Waals surface area contributed by atoms with E-state index in [2.05, 4.69) is 15.3 Å². The summed E-state index contributed by atoms with van der Waals surface area (Å²) in [7, 11) is -2.31. The zero-order valence-electron chi connectivity index (χ0n) is 23.4. The van der Waals surface area contributed by atoms with E-state index in [1.165, 1.54) is 23.5 Å². The molecule has 3 heterocycles. The number of nitrogens with one attached hydrogen (secondary N) is 2. The van der Waals surface area contributed by atoms with E-state index in [1.54, 1.807) is 41.9 Å². The molecule has 0 saturated heterocycles. The lowest BCUT2D eigenvalue weighted by Crippen LogP contribution is -2.25. The van der Waals surface area contributed by atoms with Crippen molar-refractivity contribution in [3.05, 3.63) is 102 Å². The van der Waals surface area contributed by atoms with Gasteiger partial charge >= 0.3 is 6.18 Å². The number of aliphatic hydroxyl groups excluding tert-OH is 1. The SMILES string of the molecule is CN(c1ccc2[nH]c3ncc(-c4ccc(CNCCO)cc4)c(-c4ccc(C(F)(F)F)cc4)c3c2c1)S(=O)(=O)c1cccs1. The Kier molecular flexibility index (Phi) is 7.93. The van der Waals surface area contributed by atoms with Gasteiger partial charge in [-0.1, -0.05) is 42.5 Å². The highest BCUT2D eigenvalue weighted by molar-refractivity contribution is 7.94. The first kappa shape index (κ1) is 29.8. The first-order valence-corrected chi connectivity index (χ1v) is 16.0. The summed E-state index contributed by atoms with van der Waals surface area (Å²) >= 11 is 1.13. The largest absolute Gasteiger partial charge is 0.416 e. The molecule has 6 aromatic rings. The van der Waals surface area contributed by atoms with Gasteiger partial charge in [0, 0.05) is 53.8 Å². The molecular formula is C32H27F3N4O3S2. The quantitative estimate of drug-likeness (QED) is 0.148. The van der Waals surface area contributed by atoms with Crippen molar-refractivity contribution in [3.63, 3.8) is 0 Å². The summed E-state index contributed by atoms with van der Waals surface area (Å²) in [5, 5.41) is 15.2. The van der Waals surface area contributed by atoms with Crippen molar-refractivity contribution in [3.8, 4) is 22.3 Å². The maximum Gasteiger partial charge on any atom is 0.416 e. The van der Waals surface area contributed by atoms with Crippen molar-refractivity contribution in [1.29, 1.82) is 0 Å². The molecule has 3 aromatic carbocycles. The number of hydrogen-bond donors (Lipinski definition) is 3. The third kappa shape index (κ3) is 5.57. The molecule has 12 heteroatoms. The number of fused-ring (bicyclic) bond motifs is 3. The van der Waals surface area contributed by atoms with Crippen LogP contribution in [0.15, 0.2) is 94.6 Å². The molecule has 0 fully saturated rings. The smallest absolute Gasteiger partial charge is 0.395 e. The minimum absolute atomic E-state index is 0.0301. The summed E-state index contributed by atoms with van der Waals surface area (Å²) in [5.74, 6) is 0. The zero-order valence-corrected chi connectivity index (χ0v) is 25.0. The van der Waals surface area contributed by atoms with Gasteiger partial charge in [0.05, 0.1) is 17.9 Å². The fourth-order valence-electron chi connectivity index (χ4n) is 5.18. The van der Waals surface area contributed by atoms with E-state index in [9.17, 15) is 21.6 Å². The fraction of sp³-hybridized carbons (Fsp3) is 0.156. The van der Waals surface area contributed by atoms with Crippen LogP contribution in [0.4, 0.5) is 18.9 Å². The van der Waals surface area contributed by atoms with Crippen LogP contribution in [-0.4, -0.2) is 43.7 Å². The topological polar surface area (TPSA) is 98.3 Å². The number of rotatable bonds is 9. The second kappa shape index (κ2) is 11.7. The van der Waals surface area contributed by atoms with Crippen molar-refractivity contribution in [2.24, 2.45) is 0 Å². The average molecular weight is 637 g/mol. The third-order valence-electron chi connectivity index (χ3n) is 7.46. The van der Waals surface area contributed by atoms with Gasteiger partial charge in [0.1, 0.15) is 9.86 Å². The number of hydrogen-bond acceptors (Lipinski definition) is 6. The number of pyridine rings is 1. The number of aliphatic hydroxyl groups is 1. The standard InChI is InChI=1S/C32H27F3N4O3S2/c1-39(44(41,42)28-3-2-16-43-28)24-12-13-27-25(17-24)30-29(22-8-10-23(11-9-22)32(33,34)35)26(19-37-31(30)38-27)21-6-4-20(5-7-21)18-36-14-15-40/h2-13,16-17,19,36,40H,14-15,18H2,1H3,(H,37,38). The summed E-state index contributed by atoms with van der Waals surface area (Å²) < 4.78 is 68.4. The maximum atomic E-state index is 13.5. The zero-order chi connectivity index (χ0) is 31.1. The van der Waals surface area contributed by atoms with Crippen LogP contribution in [0, 0.1) is 0 Å². The number of benzene rings is 3. The minimum atomic E-state index is -4.48. The van der Waals surface area contributed by atoms with Gasteiger partial charge in [-0.15, -0.1) is 11.3 Å². The first-order chi connectivity index (χ1) is 21.1. The number of alkyl halides is 3. The molecule has 0 saturated carbocycles. The molecule has 6 rings (SSSR count). The van der Waals surface area contributed by atoms with Crippen molar-refractivity contribution in [2.75, 3.05) is 24.5 Å². The summed E-state index contributed by atoms with van der Waals surface area (Å²) in [6.07, 6.45) is -2.79. The molecule has 44 heavy (non-hydrogen) atoms. The second-order valence-electron chi connectivity index (χ2n) is 10.2. The van der Waals surface area contributed by atoms with Crippen LogP contribution >= 0.6 is 11.3 Å². The monoisotopic (exact) mass is 636 g/mol. The number of H-pyrrole nitrogens is 1. The highest BCUT2D eigenvalue weighted by Crippen LogP contribution is 2.42. The van der Waals surface area contributed by atoms with Gasteiger partial charge in [0.15, 0.2) is 0 Å². The fourth-order valence-corrected chi connectivity index (χ4v) is 7.53. The van der Waals surface area contributed by atoms with Crippen LogP contribution < -0.4 is 9.62 Å². The Labute approximate surface area is 255 Å². The van der Waals surface area contributed by atoms with E-state index < -0.39 is 21.8 Å². The Balaban J connectivity index is 1.54. The molecule has 7 nitrogen and oxygen atoms in total.